The van der Waals surface area contributed by atoms with E-state index in [0.717, 1.165) is 11.5 Å². The van der Waals surface area contributed by atoms with Crippen molar-refractivity contribution in [3.8, 4) is 0 Å². The number of thiol groups is 1. The molecule has 1 unspecified atom stereocenters. The fourth-order valence-electron chi connectivity index (χ4n) is 2.44. The van der Waals surface area contributed by atoms with E-state index in [9.17, 15) is 14.7 Å². The quantitative estimate of drug-likeness (QED) is 0.757. The Hall–Kier alpha value is 0.340. The van der Waals surface area contributed by atoms with Crippen molar-refractivity contribution in [1.82, 2.24) is 4.90 Å². The van der Waals surface area contributed by atoms with Gasteiger partial charge in [-0.05, 0) is 6.26 Å². The number of nitrogens with zero attached hydrogens (tertiary/aromatic N) is 1. The minimum Gasteiger partial charge on any atom is -0.480 e. The molecule has 0 aliphatic carbocycles. The molecule has 1 amide bonds. The topological polar surface area (TPSA) is 57.6 Å². The van der Waals surface area contributed by atoms with Crippen LogP contribution in [0.1, 0.15) is 6.42 Å². The maximum Gasteiger partial charge on any atom is 0.326 e. The van der Waals surface area contributed by atoms with Gasteiger partial charge in [0.15, 0.2) is 0 Å². The van der Waals surface area contributed by atoms with Crippen LogP contribution in [0.2, 0.25) is 0 Å². The molecule has 0 aromatic carbocycles. The van der Waals surface area contributed by atoms with Crippen molar-refractivity contribution in [1.29, 1.82) is 0 Å². The highest BCUT2D eigenvalue weighted by Gasteiger charge is 2.51. The lowest BCUT2D eigenvalue weighted by Gasteiger charge is -2.26. The van der Waals surface area contributed by atoms with Crippen LogP contribution in [-0.4, -0.2) is 67.3 Å². The van der Waals surface area contributed by atoms with Gasteiger partial charge in [0.1, 0.15) is 6.04 Å². The number of hydrogen-bond acceptors (Lipinski definition) is 6. The molecule has 2 atom stereocenters. The second-order valence-electron chi connectivity index (χ2n) is 4.54. The van der Waals surface area contributed by atoms with E-state index >= 15 is 0 Å². The minimum atomic E-state index is -0.891. The molecule has 2 heterocycles. The third-order valence-electron chi connectivity index (χ3n) is 3.40. The predicted octanol–water partition coefficient (Wildman–Crippen LogP) is 1.51. The average molecular weight is 340 g/mol. The van der Waals surface area contributed by atoms with Gasteiger partial charge in [-0.1, -0.05) is 0 Å². The van der Waals surface area contributed by atoms with Gasteiger partial charge in [0.2, 0.25) is 5.91 Å². The zero-order valence-electron chi connectivity index (χ0n) is 10.6. The van der Waals surface area contributed by atoms with E-state index in [-0.39, 0.29) is 15.2 Å². The van der Waals surface area contributed by atoms with Gasteiger partial charge in [0.25, 0.3) is 0 Å². The summed E-state index contributed by atoms with van der Waals surface area (Å²) in [4.78, 5) is 25.4. The molecule has 2 aliphatic rings. The lowest BCUT2D eigenvalue weighted by Crippen LogP contribution is -2.45. The lowest BCUT2D eigenvalue weighted by atomic mass is 10.2. The first kappa shape index (κ1) is 15.7. The fourth-order valence-corrected chi connectivity index (χ4v) is 6.78. The van der Waals surface area contributed by atoms with Gasteiger partial charge in [-0.3, -0.25) is 4.79 Å². The van der Waals surface area contributed by atoms with Crippen LogP contribution in [0.4, 0.5) is 0 Å². The van der Waals surface area contributed by atoms with Crippen LogP contribution in [0.25, 0.3) is 0 Å². The average Bonchev–Trinajstić information content (AvgIpc) is 2.99. The molecule has 1 spiro atoms. The summed E-state index contributed by atoms with van der Waals surface area (Å²) in [6.45, 7) is 0.545. The normalized spacial score (nSPS) is 26.8. The SMILES string of the molecule is CSC(CS)C(=O)N1CC2(C[C@H]1C(=O)O)SCCS2. The standard InChI is InChI=1S/C11H17NO3S4/c1-17-8(5-16)9(13)12-6-11(18-2-3-19-11)4-7(12)10(14)15/h7-8,16H,2-6H2,1H3,(H,14,15)/t7-,8?/m0/s1. The molecule has 2 saturated heterocycles. The lowest BCUT2D eigenvalue weighted by molar-refractivity contribution is -0.147. The molecule has 1 N–H and O–H groups in total. The molecule has 4 nitrogen and oxygen atoms in total. The summed E-state index contributed by atoms with van der Waals surface area (Å²) >= 11 is 9.22. The van der Waals surface area contributed by atoms with E-state index in [0.29, 0.717) is 18.7 Å². The predicted molar refractivity (Wildman–Crippen MR) is 86.6 cm³/mol. The third-order valence-corrected chi connectivity index (χ3v) is 8.37. The van der Waals surface area contributed by atoms with Gasteiger partial charge < -0.3 is 10.0 Å². The van der Waals surface area contributed by atoms with Crippen molar-refractivity contribution in [2.24, 2.45) is 0 Å². The summed E-state index contributed by atoms with van der Waals surface area (Å²) in [6, 6.07) is -0.680. The number of carbonyl (C=O) groups is 2. The van der Waals surface area contributed by atoms with Crippen molar-refractivity contribution in [2.45, 2.75) is 21.8 Å². The summed E-state index contributed by atoms with van der Waals surface area (Å²) < 4.78 is -0.0989. The number of hydrogen-bond donors (Lipinski definition) is 2. The second-order valence-corrected chi connectivity index (χ2v) is 9.16. The molecular formula is C11H17NO3S4. The minimum absolute atomic E-state index is 0.0834. The van der Waals surface area contributed by atoms with Crippen LogP contribution < -0.4 is 0 Å². The number of carboxylic acids is 1. The highest BCUT2D eigenvalue weighted by molar-refractivity contribution is 8.21. The van der Waals surface area contributed by atoms with Gasteiger partial charge in [-0.25, -0.2) is 4.79 Å². The Morgan fingerprint density at radius 2 is 2.16 bits per heavy atom. The van der Waals surface area contributed by atoms with Crippen LogP contribution in [-0.2, 0) is 9.59 Å². The van der Waals surface area contributed by atoms with E-state index in [1.165, 1.54) is 11.8 Å². The Labute approximate surface area is 131 Å². The fraction of sp³-hybridized carbons (Fsp3) is 0.818. The molecule has 0 aromatic rings. The third kappa shape index (κ3) is 3.16. The highest BCUT2D eigenvalue weighted by Crippen LogP contribution is 2.52. The molecule has 108 valence electrons. The highest BCUT2D eigenvalue weighted by atomic mass is 32.2. The number of carbonyl (C=O) groups excluding carboxylic acids is 1. The Morgan fingerprint density at radius 3 is 2.63 bits per heavy atom. The summed E-state index contributed by atoms with van der Waals surface area (Å²) in [7, 11) is 0. The number of rotatable bonds is 4. The van der Waals surface area contributed by atoms with Crippen molar-refractivity contribution in [3.63, 3.8) is 0 Å². The number of carboxylic acid groups (broad SMARTS) is 1. The first-order valence-corrected chi connectivity index (χ1v) is 9.87. The molecule has 0 aromatic heterocycles. The number of amides is 1. The smallest absolute Gasteiger partial charge is 0.326 e. The Bertz CT molecular complexity index is 369. The second kappa shape index (κ2) is 6.41. The van der Waals surface area contributed by atoms with E-state index in [2.05, 4.69) is 12.6 Å². The molecule has 0 radical (unpaired) electrons. The van der Waals surface area contributed by atoms with Crippen LogP contribution >= 0.6 is 47.9 Å². The Kier molecular flexibility index (Phi) is 5.30. The van der Waals surface area contributed by atoms with E-state index in [1.54, 1.807) is 28.4 Å². The number of likely N-dealkylation sites (tertiary alicyclic amines) is 1. The molecule has 0 saturated carbocycles. The van der Waals surface area contributed by atoms with Gasteiger partial charge in [-0.15, -0.1) is 23.5 Å². The summed E-state index contributed by atoms with van der Waals surface area (Å²) in [5.41, 5.74) is 0. The van der Waals surface area contributed by atoms with Crippen molar-refractivity contribution >= 4 is 59.8 Å². The van der Waals surface area contributed by atoms with Crippen LogP contribution in [0, 0.1) is 0 Å². The van der Waals surface area contributed by atoms with Crippen molar-refractivity contribution in [3.05, 3.63) is 0 Å². The zero-order chi connectivity index (χ0) is 14.0. The van der Waals surface area contributed by atoms with Gasteiger partial charge >= 0.3 is 5.97 Å². The zero-order valence-corrected chi connectivity index (χ0v) is 13.9. The maximum atomic E-state index is 12.4. The van der Waals surface area contributed by atoms with Crippen LogP contribution in [0.15, 0.2) is 0 Å². The summed E-state index contributed by atoms with van der Waals surface area (Å²) in [6.07, 6.45) is 2.41. The summed E-state index contributed by atoms with van der Waals surface area (Å²) in [5.74, 6) is 1.54. The van der Waals surface area contributed by atoms with E-state index in [4.69, 9.17) is 0 Å². The van der Waals surface area contributed by atoms with E-state index in [1.807, 2.05) is 6.26 Å². The molecule has 2 aliphatic heterocycles. The van der Waals surface area contributed by atoms with Crippen LogP contribution in [0.3, 0.4) is 0 Å². The molecule has 2 fully saturated rings. The molecular weight excluding hydrogens is 322 g/mol. The molecule has 0 bridgehead atoms. The first-order chi connectivity index (χ1) is 9.03. The first-order valence-electron chi connectivity index (χ1n) is 5.98. The van der Waals surface area contributed by atoms with Crippen LogP contribution in [0.5, 0.6) is 0 Å². The largest absolute Gasteiger partial charge is 0.480 e. The maximum absolute atomic E-state index is 12.4. The molecule has 8 heteroatoms. The number of aliphatic carboxylic acids is 1. The molecule has 19 heavy (non-hydrogen) atoms. The van der Waals surface area contributed by atoms with Gasteiger partial charge in [-0.2, -0.15) is 24.4 Å². The Balaban J connectivity index is 2.17. The van der Waals surface area contributed by atoms with E-state index < -0.39 is 12.0 Å². The van der Waals surface area contributed by atoms with Crippen molar-refractivity contribution in [2.75, 3.05) is 30.1 Å². The summed E-state index contributed by atoms with van der Waals surface area (Å²) in [5, 5.41) is 9.11. The Morgan fingerprint density at radius 1 is 1.53 bits per heavy atom. The van der Waals surface area contributed by atoms with Crippen molar-refractivity contribution < 1.29 is 14.7 Å². The molecule has 2 rings (SSSR count). The van der Waals surface area contributed by atoms with Gasteiger partial charge in [0, 0.05) is 30.2 Å². The van der Waals surface area contributed by atoms with Gasteiger partial charge in [0.05, 0.1) is 9.33 Å². The monoisotopic (exact) mass is 339 g/mol. The number of thioether (sulfide) groups is 3.